The summed E-state index contributed by atoms with van der Waals surface area (Å²) in [6.07, 6.45) is 3.20. The van der Waals surface area contributed by atoms with Crippen molar-refractivity contribution < 1.29 is 14.3 Å². The number of aryl methyl sites for hydroxylation is 1. The molecule has 0 unspecified atom stereocenters. The number of fused-ring (bicyclic) bond motifs is 3. The van der Waals surface area contributed by atoms with Gasteiger partial charge in [0.05, 0.1) is 37.0 Å². The van der Waals surface area contributed by atoms with Gasteiger partial charge < -0.3 is 14.5 Å². The molecule has 0 aliphatic heterocycles. The maximum atomic E-state index is 12.4. The Morgan fingerprint density at radius 3 is 2.74 bits per heavy atom. The van der Waals surface area contributed by atoms with Gasteiger partial charge >= 0.3 is 5.97 Å². The first kappa shape index (κ1) is 17.1. The van der Waals surface area contributed by atoms with Gasteiger partial charge in [0.15, 0.2) is 0 Å². The molecule has 0 atom stereocenters. The Bertz CT molecular complexity index is 1060. The number of methoxy groups -OCH3 is 1. The second-order valence-corrected chi connectivity index (χ2v) is 6.25. The van der Waals surface area contributed by atoms with E-state index in [-0.39, 0.29) is 12.2 Å². The molecule has 0 spiro atoms. The molecule has 0 saturated heterocycles. The third-order valence-corrected chi connectivity index (χ3v) is 4.70. The van der Waals surface area contributed by atoms with E-state index in [1.165, 1.54) is 0 Å². The zero-order valence-corrected chi connectivity index (χ0v) is 15.1. The zero-order valence-electron chi connectivity index (χ0n) is 15.1. The number of carbonyl (C=O) groups excluding carboxylic acids is 1. The highest BCUT2D eigenvalue weighted by molar-refractivity contribution is 5.90. The van der Waals surface area contributed by atoms with Gasteiger partial charge in [0.1, 0.15) is 11.3 Å². The standard InChI is InChI=1S/C20H19N3O4/c1-3-27-20(25)15-10-12-4-9-17-16(18(12)22-19(15)24)11-21-23(17)13-5-7-14(26-2)8-6-13/h5-8,10-11H,3-4,9H2,1-2H3,(H,22,24). The van der Waals surface area contributed by atoms with E-state index in [2.05, 4.69) is 10.1 Å². The number of aromatic nitrogens is 3. The zero-order chi connectivity index (χ0) is 19.0. The van der Waals surface area contributed by atoms with Gasteiger partial charge in [0, 0.05) is 5.56 Å². The SMILES string of the molecule is CCOC(=O)c1cc2c([nH]c1=O)-c1cnn(-c3ccc(OC)cc3)c1CC2. The number of nitrogens with one attached hydrogen (secondary N) is 1. The summed E-state index contributed by atoms with van der Waals surface area (Å²) in [7, 11) is 1.63. The number of esters is 1. The summed E-state index contributed by atoms with van der Waals surface area (Å²) in [4.78, 5) is 27.2. The summed E-state index contributed by atoms with van der Waals surface area (Å²) in [6, 6.07) is 9.28. The Kier molecular flexibility index (Phi) is 4.27. The highest BCUT2D eigenvalue weighted by Crippen LogP contribution is 2.33. The third kappa shape index (κ3) is 2.91. The van der Waals surface area contributed by atoms with E-state index in [1.54, 1.807) is 26.3 Å². The van der Waals surface area contributed by atoms with Crippen molar-refractivity contribution in [1.82, 2.24) is 14.8 Å². The summed E-state index contributed by atoms with van der Waals surface area (Å²) in [6.45, 7) is 1.94. The van der Waals surface area contributed by atoms with Crippen LogP contribution in [-0.2, 0) is 17.6 Å². The molecular formula is C20H19N3O4. The van der Waals surface area contributed by atoms with E-state index in [0.29, 0.717) is 12.1 Å². The van der Waals surface area contributed by atoms with E-state index in [9.17, 15) is 9.59 Å². The van der Waals surface area contributed by atoms with Gasteiger partial charge in [-0.2, -0.15) is 5.10 Å². The molecule has 1 N–H and O–H groups in total. The highest BCUT2D eigenvalue weighted by atomic mass is 16.5. The van der Waals surface area contributed by atoms with Gasteiger partial charge in [0.25, 0.3) is 5.56 Å². The Morgan fingerprint density at radius 2 is 2.04 bits per heavy atom. The minimum Gasteiger partial charge on any atom is -0.497 e. The van der Waals surface area contributed by atoms with Gasteiger partial charge in [-0.1, -0.05) is 0 Å². The van der Waals surface area contributed by atoms with E-state index in [4.69, 9.17) is 9.47 Å². The van der Waals surface area contributed by atoms with Crippen molar-refractivity contribution in [3.63, 3.8) is 0 Å². The fraction of sp³-hybridized carbons (Fsp3) is 0.250. The number of pyridine rings is 1. The van der Waals surface area contributed by atoms with Crippen LogP contribution in [0.2, 0.25) is 0 Å². The van der Waals surface area contributed by atoms with Crippen molar-refractivity contribution in [2.45, 2.75) is 19.8 Å². The van der Waals surface area contributed by atoms with Crippen molar-refractivity contribution in [2.75, 3.05) is 13.7 Å². The van der Waals surface area contributed by atoms with Gasteiger partial charge in [-0.3, -0.25) is 4.79 Å². The summed E-state index contributed by atoms with van der Waals surface area (Å²) in [5.74, 6) is 0.183. The van der Waals surface area contributed by atoms with Gasteiger partial charge in [-0.05, 0) is 55.7 Å². The highest BCUT2D eigenvalue weighted by Gasteiger charge is 2.25. The molecule has 0 amide bonds. The van der Waals surface area contributed by atoms with Crippen LogP contribution in [0.1, 0.15) is 28.5 Å². The van der Waals surface area contributed by atoms with Crippen molar-refractivity contribution in [3.8, 4) is 22.7 Å². The lowest BCUT2D eigenvalue weighted by Crippen LogP contribution is -2.23. The average molecular weight is 365 g/mol. The fourth-order valence-electron chi connectivity index (χ4n) is 3.39. The maximum absolute atomic E-state index is 12.4. The molecule has 2 heterocycles. The number of ether oxygens (including phenoxy) is 2. The summed E-state index contributed by atoms with van der Waals surface area (Å²) >= 11 is 0. The van der Waals surface area contributed by atoms with Gasteiger partial charge in [0.2, 0.25) is 0 Å². The first-order valence-corrected chi connectivity index (χ1v) is 8.77. The molecule has 7 nitrogen and oxygen atoms in total. The van der Waals surface area contributed by atoms with Crippen LogP contribution < -0.4 is 10.3 Å². The number of rotatable bonds is 4. The Balaban J connectivity index is 1.76. The number of hydrogen-bond donors (Lipinski definition) is 1. The predicted molar refractivity (Wildman–Crippen MR) is 99.5 cm³/mol. The Hall–Kier alpha value is -3.35. The molecule has 1 aliphatic rings. The van der Waals surface area contributed by atoms with Gasteiger partial charge in [-0.15, -0.1) is 0 Å². The minimum atomic E-state index is -0.596. The van der Waals surface area contributed by atoms with Crippen LogP contribution in [0.4, 0.5) is 0 Å². The van der Waals surface area contributed by atoms with Gasteiger partial charge in [-0.25, -0.2) is 9.48 Å². The number of aromatic amines is 1. The van der Waals surface area contributed by atoms with E-state index >= 15 is 0 Å². The maximum Gasteiger partial charge on any atom is 0.343 e. The third-order valence-electron chi connectivity index (χ3n) is 4.70. The monoisotopic (exact) mass is 365 g/mol. The molecule has 138 valence electrons. The second-order valence-electron chi connectivity index (χ2n) is 6.25. The predicted octanol–water partition coefficient (Wildman–Crippen LogP) is 2.51. The number of carbonyl (C=O) groups is 1. The summed E-state index contributed by atoms with van der Waals surface area (Å²) < 4.78 is 12.0. The van der Waals surface area contributed by atoms with E-state index in [0.717, 1.165) is 34.7 Å². The Morgan fingerprint density at radius 1 is 1.26 bits per heavy atom. The van der Waals surface area contributed by atoms with Crippen LogP contribution in [0, 0.1) is 0 Å². The summed E-state index contributed by atoms with van der Waals surface area (Å²) in [5, 5.41) is 4.50. The number of benzene rings is 1. The lowest BCUT2D eigenvalue weighted by Gasteiger charge is -2.18. The quantitative estimate of drug-likeness (QED) is 0.718. The largest absolute Gasteiger partial charge is 0.497 e. The number of H-pyrrole nitrogens is 1. The second kappa shape index (κ2) is 6.75. The van der Waals surface area contributed by atoms with E-state index < -0.39 is 11.5 Å². The molecule has 0 bridgehead atoms. The number of hydrogen-bond acceptors (Lipinski definition) is 5. The van der Waals surface area contributed by atoms with Crippen molar-refractivity contribution in [1.29, 1.82) is 0 Å². The van der Waals surface area contributed by atoms with Crippen molar-refractivity contribution in [3.05, 3.63) is 63.7 Å². The summed E-state index contributed by atoms with van der Waals surface area (Å²) in [5.41, 5.74) is 4.05. The van der Waals surface area contributed by atoms with Crippen molar-refractivity contribution >= 4 is 5.97 Å². The van der Waals surface area contributed by atoms with Crippen LogP contribution in [0.25, 0.3) is 16.9 Å². The molecule has 0 radical (unpaired) electrons. The average Bonchev–Trinajstić information content (AvgIpc) is 3.12. The Labute approximate surface area is 155 Å². The van der Waals surface area contributed by atoms with Crippen LogP contribution in [0.3, 0.4) is 0 Å². The molecule has 0 saturated carbocycles. The minimum absolute atomic E-state index is 0.0431. The molecule has 2 aromatic heterocycles. The molecule has 7 heteroatoms. The normalized spacial score (nSPS) is 12.2. The molecule has 1 aliphatic carbocycles. The van der Waals surface area contributed by atoms with E-state index in [1.807, 2.05) is 28.9 Å². The smallest absolute Gasteiger partial charge is 0.343 e. The van der Waals surface area contributed by atoms with Crippen molar-refractivity contribution in [2.24, 2.45) is 0 Å². The topological polar surface area (TPSA) is 86.2 Å². The molecule has 1 aromatic carbocycles. The lowest BCUT2D eigenvalue weighted by atomic mass is 9.93. The number of nitrogens with zero attached hydrogens (tertiary/aromatic N) is 2. The van der Waals surface area contributed by atoms with Crippen LogP contribution in [-0.4, -0.2) is 34.5 Å². The fourth-order valence-corrected chi connectivity index (χ4v) is 3.39. The molecule has 3 aromatic rings. The first-order valence-electron chi connectivity index (χ1n) is 8.77. The molecule has 4 rings (SSSR count). The first-order chi connectivity index (χ1) is 13.1. The molecule has 0 fully saturated rings. The lowest BCUT2D eigenvalue weighted by molar-refractivity contribution is 0.0524. The van der Waals surface area contributed by atoms with Crippen LogP contribution in [0.5, 0.6) is 5.75 Å². The molecular weight excluding hydrogens is 346 g/mol. The van der Waals surface area contributed by atoms with Crippen LogP contribution in [0.15, 0.2) is 41.3 Å². The molecule has 27 heavy (non-hydrogen) atoms. The van der Waals surface area contributed by atoms with Crippen LogP contribution >= 0.6 is 0 Å².